The number of unbranched alkanes of at least 4 members (excludes halogenated alkanes) is 1. The van der Waals surface area contributed by atoms with Gasteiger partial charge in [0, 0.05) is 13.0 Å². The number of carbonyl (C=O) groups excluding carboxylic acids is 1. The van der Waals surface area contributed by atoms with Gasteiger partial charge in [-0.2, -0.15) is 18.4 Å². The number of esters is 1. The highest BCUT2D eigenvalue weighted by Gasteiger charge is 2.35. The van der Waals surface area contributed by atoms with Crippen molar-refractivity contribution >= 4 is 27.8 Å². The van der Waals surface area contributed by atoms with Crippen LogP contribution in [0, 0.1) is 11.5 Å². The molecule has 0 unspecified atom stereocenters. The van der Waals surface area contributed by atoms with Crippen molar-refractivity contribution in [3.05, 3.63) is 65.1 Å². The van der Waals surface area contributed by atoms with E-state index in [1.165, 1.54) is 28.7 Å². The topological polar surface area (TPSA) is 114 Å². The van der Waals surface area contributed by atoms with Crippen molar-refractivity contribution in [1.82, 2.24) is 14.3 Å². The van der Waals surface area contributed by atoms with Gasteiger partial charge in [-0.15, -0.1) is 11.8 Å². The van der Waals surface area contributed by atoms with Crippen LogP contribution in [0.5, 0.6) is 0 Å². The average Bonchev–Trinajstić information content (AvgIpc) is 3.24. The molecule has 2 aromatic carbocycles. The fraction of sp³-hybridized carbons (Fsp3) is 0.346. The van der Waals surface area contributed by atoms with Gasteiger partial charge in [-0.05, 0) is 54.5 Å². The van der Waals surface area contributed by atoms with E-state index in [4.69, 9.17) is 10.00 Å². The molecule has 0 fully saturated rings. The number of ether oxygens (including phenoxy) is 1. The molecule has 13 heteroatoms. The zero-order valence-electron chi connectivity index (χ0n) is 21.5. The highest BCUT2D eigenvalue weighted by molar-refractivity contribution is 7.98. The van der Waals surface area contributed by atoms with Crippen LogP contribution in [0.15, 0.2) is 52.4 Å². The van der Waals surface area contributed by atoms with Gasteiger partial charge in [-0.3, -0.25) is 0 Å². The molecule has 0 saturated carbocycles. The molecule has 1 N–H and O–H groups in total. The van der Waals surface area contributed by atoms with Crippen molar-refractivity contribution in [2.75, 3.05) is 12.9 Å². The lowest BCUT2D eigenvalue weighted by Gasteiger charge is -2.16. The first kappa shape index (κ1) is 30.0. The largest absolute Gasteiger partial charge is 0.461 e. The zero-order chi connectivity index (χ0) is 28.8. The minimum Gasteiger partial charge on any atom is -0.461 e. The van der Waals surface area contributed by atoms with E-state index in [1.54, 1.807) is 35.9 Å². The number of rotatable bonds is 11. The van der Waals surface area contributed by atoms with Gasteiger partial charge in [-0.1, -0.05) is 37.6 Å². The highest BCUT2D eigenvalue weighted by Crippen LogP contribution is 2.39. The lowest BCUT2D eigenvalue weighted by molar-refractivity contribution is -0.137. The number of aromatic nitrogens is 2. The number of halogens is 3. The Balaban J connectivity index is 2.12. The summed E-state index contributed by atoms with van der Waals surface area (Å²) in [6.45, 7) is 4.07. The Morgan fingerprint density at radius 1 is 1.21 bits per heavy atom. The SMILES string of the molecule is CCCCc1nc(SC)c(C(=O)OCC)n1Cc1cccc(-c2ccc(S(=O)(=O)NC#N)cc2C(F)(F)F)c1. The van der Waals surface area contributed by atoms with Crippen LogP contribution in [-0.4, -0.2) is 36.8 Å². The van der Waals surface area contributed by atoms with E-state index < -0.39 is 32.6 Å². The van der Waals surface area contributed by atoms with Gasteiger partial charge in [0.2, 0.25) is 0 Å². The third-order valence-corrected chi connectivity index (χ3v) is 7.70. The Morgan fingerprint density at radius 2 is 1.95 bits per heavy atom. The summed E-state index contributed by atoms with van der Waals surface area (Å²) in [6, 6.07) is 8.94. The first-order valence-corrected chi connectivity index (χ1v) is 14.7. The van der Waals surface area contributed by atoms with Gasteiger partial charge in [0.05, 0.1) is 17.1 Å². The molecule has 0 atom stereocenters. The second-order valence-corrected chi connectivity index (χ2v) is 10.9. The molecule has 0 amide bonds. The number of thioether (sulfide) groups is 1. The van der Waals surface area contributed by atoms with Crippen LogP contribution >= 0.6 is 11.8 Å². The highest BCUT2D eigenvalue weighted by atomic mass is 32.2. The standard InChI is InChI=1S/C26H27F3N4O4S2/c1-4-6-10-22-32-24(38-3)23(25(34)37-5-2)33(22)15-17-8-7-9-18(13-17)20-12-11-19(39(35,36)31-16-30)14-21(20)26(27,28)29/h7-9,11-14,31H,4-6,10,15H2,1-3H3. The minimum absolute atomic E-state index is 0.161. The first-order valence-electron chi connectivity index (χ1n) is 12.0. The van der Waals surface area contributed by atoms with E-state index in [9.17, 15) is 26.4 Å². The molecule has 0 aliphatic rings. The molecule has 0 aliphatic heterocycles. The van der Waals surface area contributed by atoms with Crippen LogP contribution in [0.2, 0.25) is 0 Å². The van der Waals surface area contributed by atoms with E-state index in [0.29, 0.717) is 28.9 Å². The quantitative estimate of drug-likeness (QED) is 0.136. The van der Waals surface area contributed by atoms with E-state index in [-0.39, 0.29) is 30.0 Å². The van der Waals surface area contributed by atoms with Gasteiger partial charge in [0.25, 0.3) is 10.0 Å². The Morgan fingerprint density at radius 3 is 2.56 bits per heavy atom. The maximum atomic E-state index is 14.0. The van der Waals surface area contributed by atoms with E-state index in [0.717, 1.165) is 25.0 Å². The molecule has 0 bridgehead atoms. The number of carbonyl (C=O) groups is 1. The lowest BCUT2D eigenvalue weighted by Crippen LogP contribution is -2.19. The number of hydrogen-bond acceptors (Lipinski definition) is 7. The van der Waals surface area contributed by atoms with Crippen molar-refractivity contribution in [2.45, 2.75) is 55.8 Å². The summed E-state index contributed by atoms with van der Waals surface area (Å²) in [7, 11) is -4.44. The summed E-state index contributed by atoms with van der Waals surface area (Å²) in [6.07, 6.45) is 0.495. The van der Waals surface area contributed by atoms with Crippen molar-refractivity contribution in [1.29, 1.82) is 5.26 Å². The number of nitrogens with one attached hydrogen (secondary N) is 1. The number of benzene rings is 2. The number of hydrogen-bond donors (Lipinski definition) is 1. The summed E-state index contributed by atoms with van der Waals surface area (Å²) in [5.74, 6) is 0.139. The molecule has 0 saturated heterocycles. The van der Waals surface area contributed by atoms with Gasteiger partial charge in [0.1, 0.15) is 10.9 Å². The lowest BCUT2D eigenvalue weighted by atomic mass is 9.97. The third kappa shape index (κ3) is 6.93. The molecule has 1 aromatic heterocycles. The average molecular weight is 581 g/mol. The Bertz CT molecular complexity index is 1500. The fourth-order valence-corrected chi connectivity index (χ4v) is 5.37. The predicted octanol–water partition coefficient (Wildman–Crippen LogP) is 5.62. The Kier molecular flexibility index (Phi) is 9.68. The summed E-state index contributed by atoms with van der Waals surface area (Å²) < 4.78 is 74.8. The molecule has 0 radical (unpaired) electrons. The molecule has 208 valence electrons. The Labute approximate surface area is 229 Å². The normalized spacial score (nSPS) is 11.7. The second kappa shape index (κ2) is 12.6. The maximum absolute atomic E-state index is 14.0. The van der Waals surface area contributed by atoms with Crippen molar-refractivity contribution in [3.8, 4) is 17.3 Å². The summed E-state index contributed by atoms with van der Waals surface area (Å²) in [5, 5.41) is 9.16. The van der Waals surface area contributed by atoms with E-state index in [2.05, 4.69) is 4.98 Å². The number of alkyl halides is 3. The smallest absolute Gasteiger partial charge is 0.417 e. The number of aryl methyl sites for hydroxylation is 1. The fourth-order valence-electron chi connectivity index (χ4n) is 4.03. The first-order chi connectivity index (χ1) is 18.5. The van der Waals surface area contributed by atoms with Crippen LogP contribution in [0.25, 0.3) is 11.1 Å². The maximum Gasteiger partial charge on any atom is 0.417 e. The van der Waals surface area contributed by atoms with Crippen LogP contribution in [-0.2, 0) is 33.9 Å². The molecule has 0 spiro atoms. The van der Waals surface area contributed by atoms with Crippen molar-refractivity contribution in [2.24, 2.45) is 0 Å². The number of nitriles is 1. The monoisotopic (exact) mass is 580 g/mol. The molecule has 1 heterocycles. The van der Waals surface area contributed by atoms with Crippen molar-refractivity contribution in [3.63, 3.8) is 0 Å². The number of nitrogens with zero attached hydrogens (tertiary/aromatic N) is 3. The third-order valence-electron chi connectivity index (χ3n) is 5.80. The summed E-state index contributed by atoms with van der Waals surface area (Å²) in [5.41, 5.74) is -0.292. The molecule has 0 aliphatic carbocycles. The molecule has 39 heavy (non-hydrogen) atoms. The van der Waals surface area contributed by atoms with Crippen molar-refractivity contribution < 1.29 is 31.1 Å². The summed E-state index contributed by atoms with van der Waals surface area (Å²) in [4.78, 5) is 16.8. The molecular formula is C26H27F3N4O4S2. The molecule has 3 aromatic rings. The number of imidazole rings is 1. The molecule has 8 nitrogen and oxygen atoms in total. The van der Waals surface area contributed by atoms with E-state index in [1.807, 2.05) is 6.92 Å². The summed E-state index contributed by atoms with van der Waals surface area (Å²) >= 11 is 1.31. The van der Waals surface area contributed by atoms with Crippen LogP contribution in [0.4, 0.5) is 13.2 Å². The van der Waals surface area contributed by atoms with Gasteiger partial charge < -0.3 is 9.30 Å². The van der Waals surface area contributed by atoms with Gasteiger partial charge in [0.15, 0.2) is 11.9 Å². The molecule has 3 rings (SSSR count). The van der Waals surface area contributed by atoms with E-state index >= 15 is 0 Å². The van der Waals surface area contributed by atoms with Crippen LogP contribution in [0.3, 0.4) is 0 Å². The van der Waals surface area contributed by atoms with Crippen LogP contribution < -0.4 is 4.72 Å². The predicted molar refractivity (Wildman–Crippen MR) is 140 cm³/mol. The minimum atomic E-state index is -4.87. The van der Waals surface area contributed by atoms with Gasteiger partial charge >= 0.3 is 12.1 Å². The van der Waals surface area contributed by atoms with Gasteiger partial charge in [-0.25, -0.2) is 22.9 Å². The molecular weight excluding hydrogens is 553 g/mol. The number of sulfonamides is 1. The van der Waals surface area contributed by atoms with Crippen LogP contribution in [0.1, 0.15) is 54.1 Å². The zero-order valence-corrected chi connectivity index (χ0v) is 23.1. The Hall–Kier alpha value is -3.50. The second-order valence-electron chi connectivity index (χ2n) is 8.42.